The van der Waals surface area contributed by atoms with Crippen LogP contribution in [0, 0.1) is 18.8 Å². The lowest BCUT2D eigenvalue weighted by molar-refractivity contribution is 0.0999. The number of benzene rings is 2. The second-order valence-corrected chi connectivity index (χ2v) is 12.3. The summed E-state index contributed by atoms with van der Waals surface area (Å²) in [5.41, 5.74) is 3.19. The lowest BCUT2D eigenvalue weighted by Gasteiger charge is -2.18. The van der Waals surface area contributed by atoms with Crippen LogP contribution in [-0.2, 0) is 16.8 Å². The molecule has 1 unspecified atom stereocenters. The van der Waals surface area contributed by atoms with Gasteiger partial charge in [0.25, 0.3) is 11.8 Å². The fourth-order valence-electron chi connectivity index (χ4n) is 4.52. The largest absolute Gasteiger partial charge is 0.321 e. The van der Waals surface area contributed by atoms with Crippen LogP contribution in [0.3, 0.4) is 0 Å². The van der Waals surface area contributed by atoms with E-state index in [1.165, 1.54) is 10.9 Å². The average molecular weight is 597 g/mol. The minimum Gasteiger partial charge on any atom is -0.321 e. The van der Waals surface area contributed by atoms with Crippen LogP contribution in [0.1, 0.15) is 57.9 Å². The van der Waals surface area contributed by atoms with Crippen molar-refractivity contribution in [2.75, 3.05) is 30.7 Å². The second kappa shape index (κ2) is 14.5. The molecule has 0 saturated carbocycles. The number of carbonyl (C=O) groups excluding carboxylic acids is 2. The number of anilines is 1. The van der Waals surface area contributed by atoms with Gasteiger partial charge in [0.2, 0.25) is 0 Å². The number of nitrogens with zero attached hydrogens (tertiary/aromatic N) is 5. The first-order valence-electron chi connectivity index (χ1n) is 14.2. The van der Waals surface area contributed by atoms with Crippen LogP contribution < -0.4 is 5.32 Å². The number of pyridine rings is 1. The number of nitrogens with one attached hydrogen (secondary N) is 1. The molecule has 1 N–H and O–H groups in total. The Bertz CT molecular complexity index is 1770. The lowest BCUT2D eigenvalue weighted by Crippen LogP contribution is -2.25. The fourth-order valence-corrected chi connectivity index (χ4v) is 6.43. The predicted molar refractivity (Wildman–Crippen MR) is 169 cm³/mol. The van der Waals surface area contributed by atoms with Gasteiger partial charge in [0.1, 0.15) is 5.69 Å². The molecule has 2 aromatic carbocycles. The Hall–Kier alpha value is -4.59. The minimum atomic E-state index is -2.99. The van der Waals surface area contributed by atoms with Gasteiger partial charge in [-0.3, -0.25) is 19.3 Å². The van der Waals surface area contributed by atoms with Crippen molar-refractivity contribution in [3.05, 3.63) is 107 Å². The van der Waals surface area contributed by atoms with Crippen molar-refractivity contribution in [3.8, 4) is 11.8 Å². The number of aryl methyl sites for hydroxylation is 2. The van der Waals surface area contributed by atoms with Crippen LogP contribution in [-0.4, -0.2) is 61.1 Å². The summed E-state index contributed by atoms with van der Waals surface area (Å²) in [5, 5.41) is 7.08. The average Bonchev–Trinajstić information content (AvgIpc) is 3.36. The monoisotopic (exact) mass is 596 g/mol. The molecule has 1 atom stereocenters. The van der Waals surface area contributed by atoms with Crippen molar-refractivity contribution in [3.63, 3.8) is 0 Å². The number of amides is 2. The molecule has 0 saturated heterocycles. The smallest absolute Gasteiger partial charge is 0.286 e. The van der Waals surface area contributed by atoms with E-state index in [1.807, 2.05) is 19.1 Å². The fraction of sp³-hybridized carbons (Fsp3) is 0.273. The number of hydrogen-bond donors (Lipinski definition) is 1. The van der Waals surface area contributed by atoms with E-state index in [9.17, 15) is 13.8 Å². The number of hydrogen-bond acceptors (Lipinski definition) is 6. The highest BCUT2D eigenvalue weighted by molar-refractivity contribution is 7.94. The maximum atomic E-state index is 14.1. The SMILES string of the molecule is CCN(CC)CCCS(=O)(=NC(=O)c1cncc(C#Cc2cccc(NC(=O)c3cc(C)nn3C)c2)c1)c1ccccc1. The van der Waals surface area contributed by atoms with Crippen LogP contribution >= 0.6 is 0 Å². The molecule has 0 aliphatic carbocycles. The molecule has 0 fully saturated rings. The minimum absolute atomic E-state index is 0.215. The van der Waals surface area contributed by atoms with Gasteiger partial charge in [-0.2, -0.15) is 9.46 Å². The Balaban J connectivity index is 1.53. The van der Waals surface area contributed by atoms with Gasteiger partial charge in [-0.1, -0.05) is 50.0 Å². The Morgan fingerprint density at radius 1 is 0.977 bits per heavy atom. The molecule has 0 spiro atoms. The molecule has 2 heterocycles. The van der Waals surface area contributed by atoms with Gasteiger partial charge in [-0.15, -0.1) is 0 Å². The van der Waals surface area contributed by atoms with Gasteiger partial charge in [-0.25, -0.2) is 4.21 Å². The van der Waals surface area contributed by atoms with Crippen molar-refractivity contribution in [1.82, 2.24) is 19.7 Å². The van der Waals surface area contributed by atoms with Crippen molar-refractivity contribution in [2.45, 2.75) is 32.1 Å². The van der Waals surface area contributed by atoms with E-state index in [0.717, 1.165) is 25.3 Å². The molecule has 10 heteroatoms. The molecule has 2 aromatic heterocycles. The van der Waals surface area contributed by atoms with E-state index < -0.39 is 15.6 Å². The molecule has 2 amide bonds. The molecule has 4 rings (SSSR count). The van der Waals surface area contributed by atoms with Crippen LogP contribution in [0.15, 0.2) is 88.4 Å². The quantitative estimate of drug-likeness (QED) is 0.253. The number of rotatable bonds is 10. The summed E-state index contributed by atoms with van der Waals surface area (Å²) in [7, 11) is -1.27. The lowest BCUT2D eigenvalue weighted by atomic mass is 10.1. The third-order valence-corrected chi connectivity index (χ3v) is 9.13. The molecule has 0 radical (unpaired) electrons. The zero-order chi connectivity index (χ0) is 30.8. The van der Waals surface area contributed by atoms with Gasteiger partial charge >= 0.3 is 0 Å². The van der Waals surface area contributed by atoms with Crippen molar-refractivity contribution in [1.29, 1.82) is 0 Å². The van der Waals surface area contributed by atoms with Crippen molar-refractivity contribution < 1.29 is 13.8 Å². The molecular formula is C33H36N6O3S. The summed E-state index contributed by atoms with van der Waals surface area (Å²) >= 11 is 0. The maximum Gasteiger partial charge on any atom is 0.286 e. The van der Waals surface area contributed by atoms with E-state index in [-0.39, 0.29) is 17.2 Å². The van der Waals surface area contributed by atoms with Crippen LogP contribution in [0.2, 0.25) is 0 Å². The molecule has 9 nitrogen and oxygen atoms in total. The standard InChI is InChI=1S/C33H36N6O3S/c1-5-39(6-2)18-11-19-43(42,30-14-8-7-9-15-30)37-32(40)28-21-27(23-34-24-28)17-16-26-12-10-13-29(22-26)35-33(41)31-20-25(3)36-38(31)4/h7-10,12-15,20-24H,5-6,11,18-19H2,1-4H3,(H,35,41). The first kappa shape index (κ1) is 31.3. The highest BCUT2D eigenvalue weighted by atomic mass is 32.2. The van der Waals surface area contributed by atoms with Crippen molar-refractivity contribution >= 4 is 27.2 Å². The summed E-state index contributed by atoms with van der Waals surface area (Å²) in [4.78, 5) is 32.9. The third-order valence-electron chi connectivity index (χ3n) is 6.82. The van der Waals surface area contributed by atoms with E-state index >= 15 is 0 Å². The topological polar surface area (TPSA) is 110 Å². The van der Waals surface area contributed by atoms with E-state index in [1.54, 1.807) is 67.8 Å². The highest BCUT2D eigenvalue weighted by Gasteiger charge is 2.17. The molecular weight excluding hydrogens is 560 g/mol. The summed E-state index contributed by atoms with van der Waals surface area (Å²) in [6.45, 7) is 8.60. The van der Waals surface area contributed by atoms with Crippen LogP contribution in [0.5, 0.6) is 0 Å². The Kier molecular flexibility index (Phi) is 10.6. The Labute approximate surface area is 253 Å². The van der Waals surface area contributed by atoms with Gasteiger partial charge < -0.3 is 10.2 Å². The molecule has 0 aliphatic heterocycles. The van der Waals surface area contributed by atoms with Gasteiger partial charge in [0.05, 0.1) is 21.0 Å². The second-order valence-electron chi connectivity index (χ2n) is 9.98. The van der Waals surface area contributed by atoms with E-state index in [2.05, 4.69) is 50.4 Å². The zero-order valence-corrected chi connectivity index (χ0v) is 25.7. The molecule has 0 bridgehead atoms. The summed E-state index contributed by atoms with van der Waals surface area (Å²) in [6, 6.07) is 19.4. The first-order valence-corrected chi connectivity index (χ1v) is 15.8. The van der Waals surface area contributed by atoms with Gasteiger partial charge in [0, 0.05) is 46.9 Å². The molecule has 0 aliphatic rings. The summed E-state index contributed by atoms with van der Waals surface area (Å²) in [6.07, 6.45) is 3.62. The maximum absolute atomic E-state index is 14.1. The van der Waals surface area contributed by atoms with E-state index in [0.29, 0.717) is 33.8 Å². The summed E-state index contributed by atoms with van der Waals surface area (Å²) in [5.74, 6) is 5.49. The van der Waals surface area contributed by atoms with Crippen LogP contribution in [0.4, 0.5) is 5.69 Å². The van der Waals surface area contributed by atoms with Gasteiger partial charge in [-0.05, 0) is 75.4 Å². The summed E-state index contributed by atoms with van der Waals surface area (Å²) < 4.78 is 19.9. The van der Waals surface area contributed by atoms with Crippen molar-refractivity contribution in [2.24, 2.45) is 11.4 Å². The predicted octanol–water partition coefficient (Wildman–Crippen LogP) is 5.17. The molecule has 43 heavy (non-hydrogen) atoms. The van der Waals surface area contributed by atoms with E-state index in [4.69, 9.17) is 0 Å². The molecule has 222 valence electrons. The zero-order valence-electron chi connectivity index (χ0n) is 24.9. The third kappa shape index (κ3) is 8.47. The molecule has 4 aromatic rings. The van der Waals surface area contributed by atoms with Gasteiger partial charge in [0.15, 0.2) is 0 Å². The highest BCUT2D eigenvalue weighted by Crippen LogP contribution is 2.18. The Morgan fingerprint density at radius 2 is 1.72 bits per heavy atom. The number of carbonyl (C=O) groups is 2. The Morgan fingerprint density at radius 3 is 2.42 bits per heavy atom. The number of aromatic nitrogens is 3. The van der Waals surface area contributed by atoms with Crippen LogP contribution in [0.25, 0.3) is 0 Å². The first-order chi connectivity index (χ1) is 20.7. The normalized spacial score (nSPS) is 12.2.